The maximum absolute atomic E-state index is 12.9. The third kappa shape index (κ3) is 3.80. The number of fused-ring (bicyclic) bond motifs is 1. The molecule has 7 nitrogen and oxygen atoms in total. The van der Waals surface area contributed by atoms with E-state index < -0.39 is 34.9 Å². The molecule has 0 amide bonds. The lowest BCUT2D eigenvalue weighted by atomic mass is 10.0. The minimum Gasteiger partial charge on any atom is -0.477 e. The number of rotatable bonds is 4. The van der Waals surface area contributed by atoms with E-state index in [0.717, 1.165) is 18.2 Å². The maximum atomic E-state index is 12.9. The third-order valence-corrected chi connectivity index (χ3v) is 4.02. The van der Waals surface area contributed by atoms with Crippen molar-refractivity contribution < 1.29 is 27.5 Å². The standard InChI is InChI=1S/C18H14F3N3O4/c1-8(10-4-3-5-11(6-10)18(19,20)21)22-14-12-7-13(16(25)26)17(27)28-15(12)24-9(2)23-14/h3-8H,1-2H3,(H,25,26)(H,22,23,24)/t8-/m1/s1. The summed E-state index contributed by atoms with van der Waals surface area (Å²) in [5, 5.41) is 12.2. The molecule has 0 saturated carbocycles. The van der Waals surface area contributed by atoms with Crippen molar-refractivity contribution in [3.05, 3.63) is 63.3 Å². The average molecular weight is 393 g/mol. The first kappa shape index (κ1) is 19.3. The van der Waals surface area contributed by atoms with Crippen molar-refractivity contribution in [3.63, 3.8) is 0 Å². The van der Waals surface area contributed by atoms with Gasteiger partial charge in [-0.1, -0.05) is 12.1 Å². The summed E-state index contributed by atoms with van der Waals surface area (Å²) in [5.41, 5.74) is -2.23. The number of aromatic carboxylic acids is 1. The normalized spacial score (nSPS) is 12.8. The highest BCUT2D eigenvalue weighted by Crippen LogP contribution is 2.32. The molecule has 146 valence electrons. The number of benzene rings is 1. The molecule has 28 heavy (non-hydrogen) atoms. The number of alkyl halides is 3. The summed E-state index contributed by atoms with van der Waals surface area (Å²) < 4.78 is 43.8. The number of anilines is 1. The van der Waals surface area contributed by atoms with Gasteiger partial charge in [-0.25, -0.2) is 14.6 Å². The molecule has 0 unspecified atom stereocenters. The van der Waals surface area contributed by atoms with Crippen LogP contribution in [0.3, 0.4) is 0 Å². The van der Waals surface area contributed by atoms with Gasteiger partial charge in [-0.05, 0) is 37.6 Å². The van der Waals surface area contributed by atoms with Crippen molar-refractivity contribution >= 4 is 22.9 Å². The second-order valence-electron chi connectivity index (χ2n) is 6.08. The molecule has 2 heterocycles. The first-order valence-corrected chi connectivity index (χ1v) is 8.05. The molecule has 0 aliphatic rings. The lowest BCUT2D eigenvalue weighted by molar-refractivity contribution is -0.137. The molecule has 1 atom stereocenters. The number of aryl methyl sites for hydroxylation is 1. The number of aromatic nitrogens is 2. The van der Waals surface area contributed by atoms with Crippen LogP contribution in [0.1, 0.15) is 40.3 Å². The number of nitrogens with one attached hydrogen (secondary N) is 1. The van der Waals surface area contributed by atoms with E-state index in [1.54, 1.807) is 6.92 Å². The summed E-state index contributed by atoms with van der Waals surface area (Å²) in [6.45, 7) is 3.15. The van der Waals surface area contributed by atoms with Crippen molar-refractivity contribution in [1.29, 1.82) is 0 Å². The molecule has 0 aliphatic heterocycles. The van der Waals surface area contributed by atoms with E-state index in [-0.39, 0.29) is 22.7 Å². The molecule has 0 radical (unpaired) electrons. The Morgan fingerprint density at radius 2 is 1.96 bits per heavy atom. The van der Waals surface area contributed by atoms with Crippen molar-refractivity contribution in [3.8, 4) is 0 Å². The van der Waals surface area contributed by atoms with Crippen LogP contribution in [0.25, 0.3) is 11.1 Å². The number of carbonyl (C=O) groups is 1. The van der Waals surface area contributed by atoms with Gasteiger partial charge >= 0.3 is 17.8 Å². The third-order valence-electron chi connectivity index (χ3n) is 4.02. The quantitative estimate of drug-likeness (QED) is 0.695. The smallest absolute Gasteiger partial charge is 0.416 e. The molecule has 3 aromatic rings. The fourth-order valence-corrected chi connectivity index (χ4v) is 2.64. The van der Waals surface area contributed by atoms with Gasteiger partial charge in [0.2, 0.25) is 5.71 Å². The summed E-state index contributed by atoms with van der Waals surface area (Å²) >= 11 is 0. The molecule has 3 rings (SSSR count). The number of hydrogen-bond acceptors (Lipinski definition) is 6. The number of carboxylic acid groups (broad SMARTS) is 1. The van der Waals surface area contributed by atoms with Gasteiger partial charge in [0.1, 0.15) is 17.2 Å². The molecule has 0 aliphatic carbocycles. The Labute approximate surface area is 155 Å². The second kappa shape index (κ2) is 6.95. The van der Waals surface area contributed by atoms with Gasteiger partial charge in [0.05, 0.1) is 10.9 Å². The fraction of sp³-hybridized carbons (Fsp3) is 0.222. The highest BCUT2D eigenvalue weighted by atomic mass is 19.4. The molecular formula is C18H14F3N3O4. The van der Waals surface area contributed by atoms with Gasteiger partial charge in [-0.15, -0.1) is 0 Å². The summed E-state index contributed by atoms with van der Waals surface area (Å²) in [5.74, 6) is -1.11. The summed E-state index contributed by atoms with van der Waals surface area (Å²) in [4.78, 5) is 31.1. The van der Waals surface area contributed by atoms with Crippen LogP contribution in [0.5, 0.6) is 0 Å². The molecule has 0 spiro atoms. The van der Waals surface area contributed by atoms with Gasteiger partial charge in [-0.2, -0.15) is 18.2 Å². The fourth-order valence-electron chi connectivity index (χ4n) is 2.64. The zero-order chi connectivity index (χ0) is 20.6. The topological polar surface area (TPSA) is 105 Å². The van der Waals surface area contributed by atoms with Gasteiger partial charge < -0.3 is 14.8 Å². The first-order chi connectivity index (χ1) is 13.1. The van der Waals surface area contributed by atoms with E-state index in [0.29, 0.717) is 5.56 Å². The Balaban J connectivity index is 2.05. The molecule has 1 aromatic carbocycles. The van der Waals surface area contributed by atoms with Crippen LogP contribution in [0.15, 0.2) is 39.5 Å². The van der Waals surface area contributed by atoms with E-state index >= 15 is 0 Å². The minimum atomic E-state index is -4.48. The van der Waals surface area contributed by atoms with Gasteiger partial charge in [0, 0.05) is 6.04 Å². The molecule has 10 heteroatoms. The Morgan fingerprint density at radius 3 is 2.61 bits per heavy atom. The van der Waals surface area contributed by atoms with Crippen molar-refractivity contribution in [2.75, 3.05) is 5.32 Å². The zero-order valence-electron chi connectivity index (χ0n) is 14.7. The first-order valence-electron chi connectivity index (χ1n) is 8.05. The Bertz CT molecular complexity index is 1130. The molecule has 0 bridgehead atoms. The highest BCUT2D eigenvalue weighted by Gasteiger charge is 2.30. The summed E-state index contributed by atoms with van der Waals surface area (Å²) in [6, 6.07) is 5.25. The van der Waals surface area contributed by atoms with Gasteiger partial charge in [0.25, 0.3) is 0 Å². The van der Waals surface area contributed by atoms with Crippen LogP contribution in [0.2, 0.25) is 0 Å². The number of halogens is 3. The molecule has 0 fully saturated rings. The summed E-state index contributed by atoms with van der Waals surface area (Å²) in [6.07, 6.45) is -4.48. The number of nitrogens with zero attached hydrogens (tertiary/aromatic N) is 2. The van der Waals surface area contributed by atoms with Crippen LogP contribution < -0.4 is 10.9 Å². The Kier molecular flexibility index (Phi) is 4.80. The predicted octanol–water partition coefficient (Wildman–Crippen LogP) is 3.78. The largest absolute Gasteiger partial charge is 0.477 e. The van der Waals surface area contributed by atoms with E-state index in [4.69, 9.17) is 9.52 Å². The van der Waals surface area contributed by atoms with Crippen molar-refractivity contribution in [2.45, 2.75) is 26.1 Å². The monoisotopic (exact) mass is 393 g/mol. The lowest BCUT2D eigenvalue weighted by Gasteiger charge is -2.18. The van der Waals surface area contributed by atoms with E-state index in [2.05, 4.69) is 15.3 Å². The highest BCUT2D eigenvalue weighted by molar-refractivity contribution is 5.94. The zero-order valence-corrected chi connectivity index (χ0v) is 14.7. The number of carboxylic acids is 1. The van der Waals surface area contributed by atoms with E-state index in [1.807, 2.05) is 0 Å². The van der Waals surface area contributed by atoms with Crippen LogP contribution in [0, 0.1) is 6.92 Å². The SMILES string of the molecule is Cc1nc(N[C@H](C)c2cccc(C(F)(F)F)c2)c2cc(C(=O)O)c(=O)oc2n1. The predicted molar refractivity (Wildman–Crippen MR) is 93.3 cm³/mol. The van der Waals surface area contributed by atoms with Crippen LogP contribution in [0.4, 0.5) is 19.0 Å². The Morgan fingerprint density at radius 1 is 1.25 bits per heavy atom. The molecule has 2 N–H and O–H groups in total. The second-order valence-corrected chi connectivity index (χ2v) is 6.08. The maximum Gasteiger partial charge on any atom is 0.416 e. The van der Waals surface area contributed by atoms with Crippen molar-refractivity contribution in [2.24, 2.45) is 0 Å². The molecular weight excluding hydrogens is 379 g/mol. The van der Waals surface area contributed by atoms with E-state index in [1.165, 1.54) is 19.1 Å². The van der Waals surface area contributed by atoms with Gasteiger partial charge in [-0.3, -0.25) is 0 Å². The molecule has 0 saturated heterocycles. The van der Waals surface area contributed by atoms with Crippen LogP contribution in [-0.4, -0.2) is 21.0 Å². The summed E-state index contributed by atoms with van der Waals surface area (Å²) in [7, 11) is 0. The number of hydrogen-bond donors (Lipinski definition) is 2. The minimum absolute atomic E-state index is 0.124. The van der Waals surface area contributed by atoms with Gasteiger partial charge in [0.15, 0.2) is 0 Å². The Hall–Kier alpha value is -3.43. The van der Waals surface area contributed by atoms with Crippen molar-refractivity contribution in [1.82, 2.24) is 9.97 Å². The van der Waals surface area contributed by atoms with Crippen LogP contribution in [-0.2, 0) is 6.18 Å². The molecule has 2 aromatic heterocycles. The lowest BCUT2D eigenvalue weighted by Crippen LogP contribution is -2.15. The van der Waals surface area contributed by atoms with Crippen LogP contribution >= 0.6 is 0 Å². The van der Waals surface area contributed by atoms with E-state index in [9.17, 15) is 22.8 Å². The average Bonchev–Trinajstić information content (AvgIpc) is 2.60.